The van der Waals surface area contributed by atoms with E-state index in [1.165, 1.54) is 6.42 Å². The molecule has 0 saturated heterocycles. The molecule has 0 bridgehead atoms. The van der Waals surface area contributed by atoms with E-state index in [-0.39, 0.29) is 18.1 Å². The van der Waals surface area contributed by atoms with Gasteiger partial charge in [-0.25, -0.2) is 0 Å². The number of carbonyl (C=O) groups is 1. The van der Waals surface area contributed by atoms with E-state index in [4.69, 9.17) is 15.9 Å². The van der Waals surface area contributed by atoms with Gasteiger partial charge in [-0.05, 0) is 50.5 Å². The number of benzene rings is 1. The summed E-state index contributed by atoms with van der Waals surface area (Å²) in [5.74, 6) is 3.94. The summed E-state index contributed by atoms with van der Waals surface area (Å²) in [6.45, 7) is 4.30. The van der Waals surface area contributed by atoms with E-state index in [1.807, 2.05) is 36.9 Å². The predicted octanol–water partition coefficient (Wildman–Crippen LogP) is 4.29. The van der Waals surface area contributed by atoms with Crippen molar-refractivity contribution in [1.29, 1.82) is 0 Å². The first-order valence-corrected chi connectivity index (χ1v) is 9.32. The number of hydrogen-bond acceptors (Lipinski definition) is 3. The molecule has 4 nitrogen and oxygen atoms in total. The van der Waals surface area contributed by atoms with Gasteiger partial charge in [0.05, 0.1) is 19.8 Å². The van der Waals surface area contributed by atoms with Gasteiger partial charge in [-0.2, -0.15) is 0 Å². The second kappa shape index (κ2) is 9.91. The van der Waals surface area contributed by atoms with Crippen LogP contribution in [0.1, 0.15) is 51.5 Å². The molecule has 0 aliphatic heterocycles. The molecule has 0 heterocycles. The van der Waals surface area contributed by atoms with E-state index in [2.05, 4.69) is 5.92 Å². The average molecular weight is 355 g/mol. The Kier molecular flexibility index (Phi) is 7.59. The van der Waals surface area contributed by atoms with Gasteiger partial charge in [0.25, 0.3) is 0 Å². The summed E-state index contributed by atoms with van der Waals surface area (Å²) in [5, 5.41) is 0. The molecule has 0 atom stereocenters. The Hall–Kier alpha value is -2.41. The van der Waals surface area contributed by atoms with Crippen LogP contribution in [0, 0.1) is 12.3 Å². The second-order valence-electron chi connectivity index (χ2n) is 6.87. The first kappa shape index (κ1) is 19.9. The molecule has 1 fully saturated rings. The lowest BCUT2D eigenvalue weighted by molar-refractivity contribution is -0.128. The van der Waals surface area contributed by atoms with E-state index in [0.29, 0.717) is 18.0 Å². The molecular weight excluding hydrogens is 326 g/mol. The van der Waals surface area contributed by atoms with Crippen molar-refractivity contribution in [2.75, 3.05) is 13.7 Å². The Morgan fingerprint density at radius 3 is 2.65 bits per heavy atom. The minimum atomic E-state index is -0.0312. The topological polar surface area (TPSA) is 38.8 Å². The molecule has 26 heavy (non-hydrogen) atoms. The molecule has 0 aromatic heterocycles. The summed E-state index contributed by atoms with van der Waals surface area (Å²) in [7, 11) is 1.61. The lowest BCUT2D eigenvalue weighted by atomic mass is 9.94. The highest BCUT2D eigenvalue weighted by molar-refractivity contribution is 5.92. The molecule has 4 heteroatoms. The van der Waals surface area contributed by atoms with Crippen LogP contribution in [-0.2, 0) is 4.79 Å². The van der Waals surface area contributed by atoms with Gasteiger partial charge in [0.15, 0.2) is 11.5 Å². The highest BCUT2D eigenvalue weighted by Crippen LogP contribution is 2.29. The first-order chi connectivity index (χ1) is 12.5. The molecule has 0 N–H and O–H groups in total. The Morgan fingerprint density at radius 1 is 1.31 bits per heavy atom. The van der Waals surface area contributed by atoms with Crippen LogP contribution in [0.5, 0.6) is 11.5 Å². The minimum Gasteiger partial charge on any atom is -0.493 e. The highest BCUT2D eigenvalue weighted by atomic mass is 16.5. The Bertz CT molecular complexity index is 666. The molecule has 1 aliphatic rings. The molecule has 1 aromatic carbocycles. The van der Waals surface area contributed by atoms with Gasteiger partial charge in [0.1, 0.15) is 0 Å². The molecule has 0 spiro atoms. The summed E-state index contributed by atoms with van der Waals surface area (Å²) in [5.41, 5.74) is 0.885. The van der Waals surface area contributed by atoms with Gasteiger partial charge in [-0.1, -0.05) is 31.2 Å². The number of terminal acetylenes is 1. The number of amides is 1. The quantitative estimate of drug-likeness (QED) is 0.541. The zero-order valence-electron chi connectivity index (χ0n) is 16.0. The van der Waals surface area contributed by atoms with Crippen LogP contribution in [0.4, 0.5) is 0 Å². The number of nitrogens with zero attached hydrogens (tertiary/aromatic N) is 1. The summed E-state index contributed by atoms with van der Waals surface area (Å²) >= 11 is 0. The van der Waals surface area contributed by atoms with E-state index in [1.54, 1.807) is 19.3 Å². The Labute approximate surface area is 157 Å². The fourth-order valence-corrected chi connectivity index (χ4v) is 3.28. The van der Waals surface area contributed by atoms with E-state index < -0.39 is 0 Å². The molecule has 1 saturated carbocycles. The number of hydrogen-bond donors (Lipinski definition) is 0. The van der Waals surface area contributed by atoms with Crippen molar-refractivity contribution >= 4 is 12.0 Å². The van der Waals surface area contributed by atoms with Crippen molar-refractivity contribution in [3.63, 3.8) is 0 Å². The monoisotopic (exact) mass is 355 g/mol. The maximum absolute atomic E-state index is 12.7. The Morgan fingerprint density at radius 2 is 2.04 bits per heavy atom. The van der Waals surface area contributed by atoms with Crippen molar-refractivity contribution < 1.29 is 14.3 Å². The lowest BCUT2D eigenvalue weighted by Gasteiger charge is -2.32. The summed E-state index contributed by atoms with van der Waals surface area (Å²) in [6, 6.07) is 5.90. The highest BCUT2D eigenvalue weighted by Gasteiger charge is 2.23. The predicted molar refractivity (Wildman–Crippen MR) is 105 cm³/mol. The zero-order chi connectivity index (χ0) is 18.9. The largest absolute Gasteiger partial charge is 0.493 e. The third-order valence-corrected chi connectivity index (χ3v) is 4.53. The number of methoxy groups -OCH3 is 1. The van der Waals surface area contributed by atoms with Crippen molar-refractivity contribution in [2.45, 2.75) is 58.1 Å². The van der Waals surface area contributed by atoms with Crippen LogP contribution in [0.25, 0.3) is 6.08 Å². The third kappa shape index (κ3) is 5.56. The number of ether oxygens (including phenoxy) is 2. The summed E-state index contributed by atoms with van der Waals surface area (Å²) in [6.07, 6.45) is 14.6. The molecule has 2 rings (SSSR count). The molecular formula is C22H29NO3. The van der Waals surface area contributed by atoms with Gasteiger partial charge in [-0.15, -0.1) is 6.42 Å². The maximum atomic E-state index is 12.7. The molecule has 1 aliphatic carbocycles. The summed E-state index contributed by atoms with van der Waals surface area (Å²) in [4.78, 5) is 14.5. The molecule has 0 radical (unpaired) electrons. The van der Waals surface area contributed by atoms with Gasteiger partial charge >= 0.3 is 0 Å². The van der Waals surface area contributed by atoms with Gasteiger partial charge in [-0.3, -0.25) is 4.79 Å². The van der Waals surface area contributed by atoms with Crippen molar-refractivity contribution in [3.05, 3.63) is 29.8 Å². The fourth-order valence-electron chi connectivity index (χ4n) is 3.28. The smallest absolute Gasteiger partial charge is 0.247 e. The van der Waals surface area contributed by atoms with Crippen molar-refractivity contribution in [2.24, 2.45) is 0 Å². The molecule has 1 aromatic rings. The van der Waals surface area contributed by atoms with Crippen molar-refractivity contribution in [3.8, 4) is 23.8 Å². The van der Waals surface area contributed by atoms with Crippen LogP contribution in [0.3, 0.4) is 0 Å². The average Bonchev–Trinajstić information content (AvgIpc) is 2.65. The maximum Gasteiger partial charge on any atom is 0.247 e. The zero-order valence-corrected chi connectivity index (χ0v) is 16.0. The van der Waals surface area contributed by atoms with Crippen LogP contribution >= 0.6 is 0 Å². The number of carbonyl (C=O) groups excluding carboxylic acids is 1. The van der Waals surface area contributed by atoms with E-state index >= 15 is 0 Å². The standard InChI is InChI=1S/C22H29NO3/c1-5-15-23(19-9-7-6-8-10-19)22(24)14-12-18-11-13-20(26-17(2)3)21(16-18)25-4/h1,11-14,16-17,19H,6-10,15H2,2-4H3/b14-12+. The lowest BCUT2D eigenvalue weighted by Crippen LogP contribution is -2.40. The van der Waals surface area contributed by atoms with E-state index in [0.717, 1.165) is 31.2 Å². The van der Waals surface area contributed by atoms with Gasteiger partial charge in [0.2, 0.25) is 5.91 Å². The minimum absolute atomic E-state index is 0.0312. The van der Waals surface area contributed by atoms with Crippen LogP contribution in [0.15, 0.2) is 24.3 Å². The second-order valence-corrected chi connectivity index (χ2v) is 6.87. The fraction of sp³-hybridized carbons (Fsp3) is 0.500. The van der Waals surface area contributed by atoms with Crippen LogP contribution in [-0.4, -0.2) is 36.6 Å². The SMILES string of the molecule is C#CCN(C(=O)/C=C/c1ccc(OC(C)C)c(OC)c1)C1CCCCC1. The normalized spacial score (nSPS) is 15.0. The molecule has 140 valence electrons. The Balaban J connectivity index is 2.11. The molecule has 0 unspecified atom stereocenters. The summed E-state index contributed by atoms with van der Waals surface area (Å²) < 4.78 is 11.1. The third-order valence-electron chi connectivity index (χ3n) is 4.53. The van der Waals surface area contributed by atoms with E-state index in [9.17, 15) is 4.79 Å². The van der Waals surface area contributed by atoms with Crippen LogP contribution < -0.4 is 9.47 Å². The number of rotatable bonds is 7. The van der Waals surface area contributed by atoms with Gasteiger partial charge in [0, 0.05) is 12.1 Å². The van der Waals surface area contributed by atoms with Gasteiger partial charge < -0.3 is 14.4 Å². The van der Waals surface area contributed by atoms with Crippen molar-refractivity contribution in [1.82, 2.24) is 4.90 Å². The van der Waals surface area contributed by atoms with Crippen LogP contribution in [0.2, 0.25) is 0 Å². The first-order valence-electron chi connectivity index (χ1n) is 9.32. The molecule has 1 amide bonds.